The second-order valence-corrected chi connectivity index (χ2v) is 20.2. The fourth-order valence-corrected chi connectivity index (χ4v) is 7.68. The maximum atomic E-state index is 12.9. The van der Waals surface area contributed by atoms with Crippen LogP contribution in [0.3, 0.4) is 0 Å². The van der Waals surface area contributed by atoms with Gasteiger partial charge in [0.05, 0.1) is 34.4 Å². The molecule has 0 aliphatic carbocycles. The highest BCUT2D eigenvalue weighted by Gasteiger charge is 2.25. The molecule has 0 aromatic heterocycles. The molecule has 0 saturated carbocycles. The molecule has 0 bridgehead atoms. The third-order valence-electron chi connectivity index (χ3n) is 12.1. The van der Waals surface area contributed by atoms with E-state index in [0.29, 0.717) is 23.9 Å². The molecule has 9 heteroatoms. The molecule has 0 aromatic rings. The lowest BCUT2D eigenvalue weighted by Gasteiger charge is -2.25. The van der Waals surface area contributed by atoms with Gasteiger partial charge in [0, 0.05) is 12.8 Å². The van der Waals surface area contributed by atoms with Crippen LogP contribution in [0.2, 0.25) is 0 Å². The number of esters is 2. The molecule has 9 nitrogen and oxygen atoms in total. The molecule has 2 atom stereocenters. The average molecular weight is 1010 g/mol. The molecule has 0 amide bonds. The number of unbranched alkanes of at least 4 members (excludes halogenated alkanes) is 21. The fraction of sp³-hybridized carbons (Fsp3) is 0.698. The number of carboxylic acids is 1. The van der Waals surface area contributed by atoms with Crippen molar-refractivity contribution in [3.8, 4) is 0 Å². The molecule has 2 unspecified atom stereocenters. The molecular weight excluding hydrogens is 899 g/mol. The van der Waals surface area contributed by atoms with Crippen molar-refractivity contribution in [2.45, 2.75) is 238 Å². The van der Waals surface area contributed by atoms with E-state index in [9.17, 15) is 19.5 Å². The highest BCUT2D eigenvalue weighted by atomic mass is 16.7. The zero-order chi connectivity index (χ0) is 52.7. The van der Waals surface area contributed by atoms with E-state index in [1.165, 1.54) is 83.5 Å². The Morgan fingerprint density at radius 3 is 1.18 bits per heavy atom. The zero-order valence-corrected chi connectivity index (χ0v) is 46.8. The van der Waals surface area contributed by atoms with Crippen molar-refractivity contribution < 1.29 is 42.9 Å². The standard InChI is InChI=1S/C63H107NO8/c1-6-8-10-12-14-16-18-20-22-24-25-26-27-28-29-30-31-32-33-34-35-36-37-38-40-42-44-46-48-50-52-54-61(66)72-59(58-71-63(62(67)68)69-56-55-64(3,4)5)57-70-60(65)53-51-49-47-45-43-41-39-23-21-19-17-15-13-11-9-7-2/h8,10,14,16,20,22,25-26,28-29,31-32,34-35,37-38,59,63H,6-7,9,11-13,15,17-19,21,23-24,27,30,33,36,39-58H2,1-5H3/p+1/b10-8-,16-14-,22-20-,26-25-,29-28-,32-31-,35-34-,38-37-. The Morgan fingerprint density at radius 1 is 0.431 bits per heavy atom. The molecule has 72 heavy (non-hydrogen) atoms. The van der Waals surface area contributed by atoms with Gasteiger partial charge >= 0.3 is 17.9 Å². The van der Waals surface area contributed by atoms with Gasteiger partial charge in [0.2, 0.25) is 0 Å². The number of quaternary nitrogens is 1. The van der Waals surface area contributed by atoms with Crippen molar-refractivity contribution in [3.63, 3.8) is 0 Å². The number of nitrogens with zero attached hydrogens (tertiary/aromatic N) is 1. The van der Waals surface area contributed by atoms with Gasteiger partial charge < -0.3 is 28.5 Å². The van der Waals surface area contributed by atoms with Gasteiger partial charge in [-0.2, -0.15) is 0 Å². The molecule has 0 heterocycles. The Balaban J connectivity index is 4.29. The van der Waals surface area contributed by atoms with E-state index in [2.05, 4.69) is 111 Å². The Kier molecular flexibility index (Phi) is 50.7. The Bertz CT molecular complexity index is 1500. The lowest BCUT2D eigenvalue weighted by Crippen LogP contribution is -2.40. The van der Waals surface area contributed by atoms with Crippen LogP contribution in [0.4, 0.5) is 0 Å². The molecule has 0 spiro atoms. The predicted molar refractivity (Wildman–Crippen MR) is 304 cm³/mol. The van der Waals surface area contributed by atoms with Gasteiger partial charge in [-0.1, -0.05) is 233 Å². The van der Waals surface area contributed by atoms with Crippen LogP contribution < -0.4 is 0 Å². The molecule has 0 aromatic carbocycles. The van der Waals surface area contributed by atoms with Crippen molar-refractivity contribution in [1.29, 1.82) is 0 Å². The first-order valence-corrected chi connectivity index (χ1v) is 28.9. The number of hydrogen-bond acceptors (Lipinski definition) is 7. The molecule has 1 N–H and O–H groups in total. The third kappa shape index (κ3) is 54.0. The maximum Gasteiger partial charge on any atom is 0.361 e. The summed E-state index contributed by atoms with van der Waals surface area (Å²) in [6.07, 6.45) is 69.1. The van der Waals surface area contributed by atoms with Crippen LogP contribution in [0.1, 0.15) is 226 Å². The summed E-state index contributed by atoms with van der Waals surface area (Å²) >= 11 is 0. The van der Waals surface area contributed by atoms with Crippen LogP contribution in [0.5, 0.6) is 0 Å². The quantitative estimate of drug-likeness (QED) is 0.0211. The second-order valence-electron chi connectivity index (χ2n) is 20.2. The molecule has 0 rings (SSSR count). The van der Waals surface area contributed by atoms with Crippen LogP contribution in [0.15, 0.2) is 97.2 Å². The number of allylic oxidation sites excluding steroid dienone is 16. The average Bonchev–Trinajstić information content (AvgIpc) is 3.35. The van der Waals surface area contributed by atoms with Gasteiger partial charge in [-0.25, -0.2) is 4.79 Å². The van der Waals surface area contributed by atoms with Crippen LogP contribution in [-0.4, -0.2) is 87.4 Å². The number of likely N-dealkylation sites (N-methyl/N-ethyl adjacent to an activating group) is 1. The second kappa shape index (κ2) is 53.5. The molecule has 0 aliphatic heterocycles. The first-order chi connectivity index (χ1) is 35.1. The molecule has 0 aliphatic rings. The summed E-state index contributed by atoms with van der Waals surface area (Å²) in [7, 11) is 5.96. The third-order valence-corrected chi connectivity index (χ3v) is 12.1. The van der Waals surface area contributed by atoms with Crippen LogP contribution in [-0.2, 0) is 33.3 Å². The number of hydrogen-bond donors (Lipinski definition) is 1. The van der Waals surface area contributed by atoms with Gasteiger partial charge in [0.1, 0.15) is 13.2 Å². The minimum absolute atomic E-state index is 0.181. The van der Waals surface area contributed by atoms with E-state index >= 15 is 0 Å². The van der Waals surface area contributed by atoms with E-state index in [4.69, 9.17) is 18.9 Å². The smallest absolute Gasteiger partial charge is 0.361 e. The van der Waals surface area contributed by atoms with Gasteiger partial charge in [0.15, 0.2) is 6.10 Å². The highest BCUT2D eigenvalue weighted by Crippen LogP contribution is 2.15. The summed E-state index contributed by atoms with van der Waals surface area (Å²) < 4.78 is 22.8. The molecule has 0 fully saturated rings. The van der Waals surface area contributed by atoms with Crippen molar-refractivity contribution in [2.24, 2.45) is 0 Å². The van der Waals surface area contributed by atoms with Gasteiger partial charge in [-0.3, -0.25) is 9.59 Å². The van der Waals surface area contributed by atoms with Gasteiger partial charge in [-0.05, 0) is 77.0 Å². The van der Waals surface area contributed by atoms with E-state index in [1.54, 1.807) is 0 Å². The highest BCUT2D eigenvalue weighted by molar-refractivity contribution is 5.71. The number of carbonyl (C=O) groups is 3. The monoisotopic (exact) mass is 1010 g/mol. The van der Waals surface area contributed by atoms with Crippen molar-refractivity contribution in [1.82, 2.24) is 0 Å². The normalized spacial score (nSPS) is 13.5. The maximum absolute atomic E-state index is 12.9. The van der Waals surface area contributed by atoms with Crippen molar-refractivity contribution in [3.05, 3.63) is 97.2 Å². The van der Waals surface area contributed by atoms with E-state index < -0.39 is 24.3 Å². The predicted octanol–water partition coefficient (Wildman–Crippen LogP) is 17.0. The van der Waals surface area contributed by atoms with Crippen molar-refractivity contribution in [2.75, 3.05) is 47.5 Å². The number of rotatable bonds is 52. The minimum atomic E-state index is -1.52. The van der Waals surface area contributed by atoms with Crippen LogP contribution >= 0.6 is 0 Å². The molecule has 0 saturated heterocycles. The fourth-order valence-electron chi connectivity index (χ4n) is 7.68. The van der Waals surface area contributed by atoms with Gasteiger partial charge in [0.25, 0.3) is 6.29 Å². The Morgan fingerprint density at radius 2 is 0.792 bits per heavy atom. The number of ether oxygens (including phenoxy) is 4. The topological polar surface area (TPSA) is 108 Å². The number of carbonyl (C=O) groups excluding carboxylic acids is 2. The molecular formula is C63H108NO8+. The van der Waals surface area contributed by atoms with Gasteiger partial charge in [-0.15, -0.1) is 0 Å². The Labute approximate surface area is 442 Å². The van der Waals surface area contributed by atoms with E-state index in [1.807, 2.05) is 21.1 Å². The van der Waals surface area contributed by atoms with Crippen molar-refractivity contribution >= 4 is 17.9 Å². The van der Waals surface area contributed by atoms with Crippen LogP contribution in [0, 0.1) is 0 Å². The van der Waals surface area contributed by atoms with Crippen LogP contribution in [0.25, 0.3) is 0 Å². The molecule has 0 radical (unpaired) electrons. The lowest BCUT2D eigenvalue weighted by atomic mass is 10.0. The number of aliphatic carboxylic acids is 1. The summed E-state index contributed by atoms with van der Waals surface area (Å²) in [5.41, 5.74) is 0. The number of carboxylic acid groups (broad SMARTS) is 1. The molecule has 412 valence electrons. The Hall–Kier alpha value is -3.79. The minimum Gasteiger partial charge on any atom is -0.477 e. The summed E-state index contributed by atoms with van der Waals surface area (Å²) in [6, 6.07) is 0. The largest absolute Gasteiger partial charge is 0.477 e. The summed E-state index contributed by atoms with van der Waals surface area (Å²) in [5.74, 6) is -2.03. The first-order valence-electron chi connectivity index (χ1n) is 28.9. The lowest BCUT2D eigenvalue weighted by molar-refractivity contribution is -0.870. The summed E-state index contributed by atoms with van der Waals surface area (Å²) in [5, 5.41) is 9.69. The first kappa shape index (κ1) is 68.2. The van der Waals surface area contributed by atoms with E-state index in [0.717, 1.165) is 109 Å². The summed E-state index contributed by atoms with van der Waals surface area (Å²) in [6.45, 7) is 4.75. The van der Waals surface area contributed by atoms with E-state index in [-0.39, 0.29) is 32.2 Å². The summed E-state index contributed by atoms with van der Waals surface area (Å²) in [4.78, 5) is 37.4. The zero-order valence-electron chi connectivity index (χ0n) is 46.8. The SMILES string of the molecule is CC/C=C\C/C=C\C/C=C\C/C=C\C/C=C\C/C=C\C/C=C\C/C=C\CCCCCCCCC(=O)OC(COC(=O)CCCCCCCCCCCCCCCCCC)COC(OCC[N+](C)(C)C)C(=O)O.